The van der Waals surface area contributed by atoms with Gasteiger partial charge in [0.15, 0.2) is 6.61 Å². The Morgan fingerprint density at radius 2 is 1.96 bits per heavy atom. The summed E-state index contributed by atoms with van der Waals surface area (Å²) in [5.74, 6) is -0.158. The number of aromatic nitrogens is 2. The third kappa shape index (κ3) is 4.77. The number of hydrogen-bond donors (Lipinski definition) is 1. The molecule has 0 aliphatic heterocycles. The van der Waals surface area contributed by atoms with Crippen molar-refractivity contribution in [3.63, 3.8) is 0 Å². The van der Waals surface area contributed by atoms with Crippen molar-refractivity contribution in [1.82, 2.24) is 14.9 Å². The van der Waals surface area contributed by atoms with Gasteiger partial charge in [0, 0.05) is 18.5 Å². The molecule has 1 aliphatic carbocycles. The Bertz CT molecular complexity index is 913. The first-order valence-electron chi connectivity index (χ1n) is 9.98. The van der Waals surface area contributed by atoms with Crippen molar-refractivity contribution < 1.29 is 14.3 Å². The van der Waals surface area contributed by atoms with Crippen LogP contribution in [-0.4, -0.2) is 34.1 Å². The molecule has 0 atom stereocenters. The van der Waals surface area contributed by atoms with Crippen LogP contribution in [0.15, 0.2) is 29.1 Å². The second kappa shape index (κ2) is 8.99. The van der Waals surface area contributed by atoms with E-state index in [4.69, 9.17) is 4.74 Å². The van der Waals surface area contributed by atoms with Crippen LogP contribution in [0.1, 0.15) is 57.8 Å². The molecule has 7 heteroatoms. The minimum absolute atomic E-state index is 0.0546. The molecule has 0 radical (unpaired) electrons. The van der Waals surface area contributed by atoms with Crippen LogP contribution in [0.5, 0.6) is 0 Å². The number of ether oxygens (including phenoxy) is 1. The standard InChI is InChI=1S/C21H27N3O4/c1-3-14(4-2)22-19(25)13-28-20(26)12-11-18-23-17-8-6-5-7-16(17)21(27)24(18)15-9-10-15/h5-8,14-15H,3-4,9-13H2,1-2H3,(H,22,25). The molecule has 1 N–H and O–H groups in total. The Kier molecular flexibility index (Phi) is 6.44. The molecule has 28 heavy (non-hydrogen) atoms. The SMILES string of the molecule is CCC(CC)NC(=O)COC(=O)CCc1nc2ccccc2c(=O)n1C1CC1. The molecule has 1 fully saturated rings. The Morgan fingerprint density at radius 1 is 1.25 bits per heavy atom. The summed E-state index contributed by atoms with van der Waals surface area (Å²) in [6, 6.07) is 7.51. The van der Waals surface area contributed by atoms with E-state index < -0.39 is 5.97 Å². The molecule has 150 valence electrons. The fourth-order valence-electron chi connectivity index (χ4n) is 3.27. The topological polar surface area (TPSA) is 90.3 Å². The van der Waals surface area contributed by atoms with E-state index >= 15 is 0 Å². The van der Waals surface area contributed by atoms with E-state index in [2.05, 4.69) is 10.3 Å². The molecule has 0 bridgehead atoms. The monoisotopic (exact) mass is 385 g/mol. The van der Waals surface area contributed by atoms with Crippen LogP contribution >= 0.6 is 0 Å². The van der Waals surface area contributed by atoms with Gasteiger partial charge in [-0.3, -0.25) is 19.0 Å². The number of carbonyl (C=O) groups is 2. The van der Waals surface area contributed by atoms with E-state index in [-0.39, 0.29) is 36.6 Å². The highest BCUT2D eigenvalue weighted by Gasteiger charge is 2.28. The number of benzene rings is 1. The molecule has 1 aliphatic rings. The van der Waals surface area contributed by atoms with Crippen molar-refractivity contribution in [2.45, 2.75) is 64.5 Å². The molecular formula is C21H27N3O4. The van der Waals surface area contributed by atoms with E-state index in [0.717, 1.165) is 25.7 Å². The molecule has 1 amide bonds. The van der Waals surface area contributed by atoms with Gasteiger partial charge in [0.1, 0.15) is 5.82 Å². The molecule has 0 unspecified atom stereocenters. The first kappa shape index (κ1) is 20.0. The number of nitrogens with zero attached hydrogens (tertiary/aromatic N) is 2. The largest absolute Gasteiger partial charge is 0.456 e. The van der Waals surface area contributed by atoms with E-state index in [1.165, 1.54) is 0 Å². The normalized spacial score (nSPS) is 13.7. The smallest absolute Gasteiger partial charge is 0.306 e. The summed E-state index contributed by atoms with van der Waals surface area (Å²) in [6.45, 7) is 3.71. The molecule has 7 nitrogen and oxygen atoms in total. The molecule has 2 aromatic rings. The third-order valence-electron chi connectivity index (χ3n) is 5.06. The van der Waals surface area contributed by atoms with Gasteiger partial charge >= 0.3 is 5.97 Å². The number of para-hydroxylation sites is 1. The van der Waals surface area contributed by atoms with Gasteiger partial charge in [0.2, 0.25) is 0 Å². The van der Waals surface area contributed by atoms with Gasteiger partial charge in [-0.1, -0.05) is 26.0 Å². The first-order chi connectivity index (χ1) is 13.5. The lowest BCUT2D eigenvalue weighted by Gasteiger charge is -2.15. The highest BCUT2D eigenvalue weighted by Crippen LogP contribution is 2.34. The van der Waals surface area contributed by atoms with Gasteiger partial charge < -0.3 is 10.1 Å². The Balaban J connectivity index is 1.62. The maximum absolute atomic E-state index is 12.8. The van der Waals surface area contributed by atoms with Crippen LogP contribution in [0, 0.1) is 0 Å². The number of esters is 1. The zero-order valence-electron chi connectivity index (χ0n) is 16.4. The fraction of sp³-hybridized carbons (Fsp3) is 0.524. The van der Waals surface area contributed by atoms with Crippen molar-refractivity contribution in [3.05, 3.63) is 40.4 Å². The average molecular weight is 385 g/mol. The predicted molar refractivity (Wildman–Crippen MR) is 106 cm³/mol. The van der Waals surface area contributed by atoms with Crippen molar-refractivity contribution in [1.29, 1.82) is 0 Å². The lowest BCUT2D eigenvalue weighted by Crippen LogP contribution is -2.36. The summed E-state index contributed by atoms with van der Waals surface area (Å²) in [6.07, 6.45) is 3.96. The number of carbonyl (C=O) groups excluding carboxylic acids is 2. The summed E-state index contributed by atoms with van der Waals surface area (Å²) in [7, 11) is 0. The van der Waals surface area contributed by atoms with Crippen LogP contribution in [0.4, 0.5) is 0 Å². The van der Waals surface area contributed by atoms with Crippen molar-refractivity contribution in [3.8, 4) is 0 Å². The summed E-state index contributed by atoms with van der Waals surface area (Å²) in [5.41, 5.74) is 0.582. The molecule has 3 rings (SSSR count). The van der Waals surface area contributed by atoms with Crippen LogP contribution in [0.3, 0.4) is 0 Å². The van der Waals surface area contributed by atoms with E-state index in [1.807, 2.05) is 26.0 Å². The number of rotatable bonds is 9. The first-order valence-corrected chi connectivity index (χ1v) is 9.98. The lowest BCUT2D eigenvalue weighted by molar-refractivity contribution is -0.148. The van der Waals surface area contributed by atoms with Gasteiger partial charge in [-0.15, -0.1) is 0 Å². The summed E-state index contributed by atoms with van der Waals surface area (Å²) in [4.78, 5) is 41.3. The van der Waals surface area contributed by atoms with E-state index in [1.54, 1.807) is 16.7 Å². The molecule has 1 aromatic carbocycles. The Labute approximate surface area is 164 Å². The third-order valence-corrected chi connectivity index (χ3v) is 5.06. The number of amides is 1. The summed E-state index contributed by atoms with van der Waals surface area (Å²) >= 11 is 0. The van der Waals surface area contributed by atoms with Gasteiger partial charge in [-0.2, -0.15) is 0 Å². The van der Waals surface area contributed by atoms with Crippen molar-refractivity contribution >= 4 is 22.8 Å². The zero-order chi connectivity index (χ0) is 20.1. The molecule has 0 spiro atoms. The average Bonchev–Trinajstić information content (AvgIpc) is 3.54. The summed E-state index contributed by atoms with van der Waals surface area (Å²) < 4.78 is 6.80. The molecular weight excluding hydrogens is 358 g/mol. The Hall–Kier alpha value is -2.70. The number of nitrogens with one attached hydrogen (secondary N) is 1. The van der Waals surface area contributed by atoms with Crippen LogP contribution in [0.2, 0.25) is 0 Å². The van der Waals surface area contributed by atoms with Crippen LogP contribution in [0.25, 0.3) is 10.9 Å². The second-order valence-corrected chi connectivity index (χ2v) is 7.19. The maximum Gasteiger partial charge on any atom is 0.306 e. The molecule has 1 heterocycles. The lowest BCUT2D eigenvalue weighted by atomic mass is 10.2. The summed E-state index contributed by atoms with van der Waals surface area (Å²) in [5, 5.41) is 3.43. The molecule has 1 aromatic heterocycles. The number of aryl methyl sites for hydroxylation is 1. The minimum atomic E-state index is -0.468. The molecule has 1 saturated carbocycles. The van der Waals surface area contributed by atoms with Crippen LogP contribution < -0.4 is 10.9 Å². The minimum Gasteiger partial charge on any atom is -0.456 e. The van der Waals surface area contributed by atoms with Gasteiger partial charge in [-0.25, -0.2) is 4.98 Å². The van der Waals surface area contributed by atoms with Crippen molar-refractivity contribution in [2.24, 2.45) is 0 Å². The highest BCUT2D eigenvalue weighted by molar-refractivity contribution is 5.81. The number of fused-ring (bicyclic) bond motifs is 1. The fourth-order valence-corrected chi connectivity index (χ4v) is 3.27. The van der Waals surface area contributed by atoms with E-state index in [9.17, 15) is 14.4 Å². The molecule has 0 saturated heterocycles. The number of hydrogen-bond acceptors (Lipinski definition) is 5. The Morgan fingerprint density at radius 3 is 2.64 bits per heavy atom. The van der Waals surface area contributed by atoms with Crippen LogP contribution in [-0.2, 0) is 20.7 Å². The highest BCUT2D eigenvalue weighted by atomic mass is 16.5. The van der Waals surface area contributed by atoms with E-state index in [0.29, 0.717) is 23.1 Å². The maximum atomic E-state index is 12.8. The quantitative estimate of drug-likeness (QED) is 0.670. The van der Waals surface area contributed by atoms with Crippen molar-refractivity contribution in [2.75, 3.05) is 6.61 Å². The van der Waals surface area contributed by atoms with Gasteiger partial charge in [-0.05, 0) is 37.8 Å². The van der Waals surface area contributed by atoms with Gasteiger partial charge in [0.05, 0.1) is 17.3 Å². The zero-order valence-corrected chi connectivity index (χ0v) is 16.4. The van der Waals surface area contributed by atoms with Gasteiger partial charge in [0.25, 0.3) is 11.5 Å². The second-order valence-electron chi connectivity index (χ2n) is 7.19. The predicted octanol–water partition coefficient (Wildman–Crippen LogP) is 2.51.